The Kier molecular flexibility index (Phi) is 48.9. The average Bonchev–Trinajstić information content (AvgIpc) is 3.25. The first-order valence-corrected chi connectivity index (χ1v) is 25.8. The minimum atomic E-state index is -0.873. The van der Waals surface area contributed by atoms with Gasteiger partial charge in [0.2, 0.25) is 5.91 Å². The summed E-state index contributed by atoms with van der Waals surface area (Å²) in [5, 5.41) is 23.1. The predicted octanol–water partition coefficient (Wildman–Crippen LogP) is 16.8. The Labute approximate surface area is 373 Å². The highest BCUT2D eigenvalue weighted by Gasteiger charge is 2.17. The number of nitrogens with one attached hydrogen (secondary N) is 1. The third-order valence-corrected chi connectivity index (χ3v) is 11.3. The lowest BCUT2D eigenvalue weighted by atomic mass is 10.0. The molecule has 0 saturated heterocycles. The van der Waals surface area contributed by atoms with Crippen LogP contribution in [0.4, 0.5) is 0 Å². The monoisotopic (exact) mass is 834 g/mol. The number of aliphatic hydroxyl groups is 2. The summed E-state index contributed by atoms with van der Waals surface area (Å²) >= 11 is 0. The Balaban J connectivity index is 3.57. The third-order valence-electron chi connectivity index (χ3n) is 11.3. The number of amides is 1. The summed E-state index contributed by atoms with van der Waals surface area (Å²) in [6, 6.07) is -0.649. The number of allylic oxidation sites excluding steroid dienone is 13. The predicted molar refractivity (Wildman–Crippen MR) is 267 cm³/mol. The highest BCUT2D eigenvalue weighted by atomic mass is 16.3. The maximum atomic E-state index is 12.4. The summed E-state index contributed by atoms with van der Waals surface area (Å²) in [4.78, 5) is 12.4. The molecular weight excluding hydrogens is 735 g/mol. The van der Waals surface area contributed by atoms with Gasteiger partial charge in [0, 0.05) is 6.42 Å². The zero-order chi connectivity index (χ0) is 43.5. The van der Waals surface area contributed by atoms with Gasteiger partial charge in [-0.1, -0.05) is 240 Å². The summed E-state index contributed by atoms with van der Waals surface area (Å²) in [7, 11) is 0. The van der Waals surface area contributed by atoms with Crippen LogP contribution in [0, 0.1) is 0 Å². The van der Waals surface area contributed by atoms with Crippen LogP contribution in [0.1, 0.15) is 245 Å². The maximum absolute atomic E-state index is 12.4. The highest BCUT2D eigenvalue weighted by Crippen LogP contribution is 2.15. The molecule has 0 heterocycles. The van der Waals surface area contributed by atoms with Crippen LogP contribution < -0.4 is 5.32 Å². The lowest BCUT2D eigenvalue weighted by molar-refractivity contribution is -0.123. The van der Waals surface area contributed by atoms with Crippen molar-refractivity contribution >= 4 is 5.91 Å². The molecule has 346 valence electrons. The maximum Gasteiger partial charge on any atom is 0.220 e. The van der Waals surface area contributed by atoms with E-state index in [0.29, 0.717) is 6.42 Å². The summed E-state index contributed by atoms with van der Waals surface area (Å²) in [5.74, 6) is -0.0793. The molecule has 0 fully saturated rings. The van der Waals surface area contributed by atoms with E-state index in [1.165, 1.54) is 161 Å². The van der Waals surface area contributed by atoms with Gasteiger partial charge in [-0.2, -0.15) is 0 Å². The topological polar surface area (TPSA) is 69.6 Å². The Bertz CT molecular complexity index is 1080. The fourth-order valence-electron chi connectivity index (χ4n) is 7.44. The van der Waals surface area contributed by atoms with Crippen LogP contribution in [-0.4, -0.2) is 34.9 Å². The average molecular weight is 834 g/mol. The number of hydrogen-bond acceptors (Lipinski definition) is 3. The molecule has 0 aromatic rings. The molecule has 0 radical (unpaired) electrons. The molecule has 1 amide bonds. The van der Waals surface area contributed by atoms with Crippen LogP contribution in [0.15, 0.2) is 85.1 Å². The van der Waals surface area contributed by atoms with Crippen molar-refractivity contribution in [2.45, 2.75) is 257 Å². The van der Waals surface area contributed by atoms with Crippen molar-refractivity contribution in [3.63, 3.8) is 0 Å². The van der Waals surface area contributed by atoms with E-state index in [4.69, 9.17) is 0 Å². The second kappa shape index (κ2) is 50.9. The number of aliphatic hydroxyl groups excluding tert-OH is 2. The molecule has 0 aliphatic heterocycles. The molecular formula is C56H99NO3. The molecule has 0 aromatic heterocycles. The van der Waals surface area contributed by atoms with Crippen LogP contribution in [0.3, 0.4) is 0 Å². The van der Waals surface area contributed by atoms with Gasteiger partial charge < -0.3 is 15.5 Å². The van der Waals surface area contributed by atoms with Gasteiger partial charge in [-0.3, -0.25) is 4.79 Å². The van der Waals surface area contributed by atoms with Gasteiger partial charge in [-0.25, -0.2) is 0 Å². The Morgan fingerprint density at radius 1 is 0.417 bits per heavy atom. The van der Waals surface area contributed by atoms with Crippen molar-refractivity contribution in [1.29, 1.82) is 0 Å². The fourth-order valence-corrected chi connectivity index (χ4v) is 7.44. The lowest BCUT2D eigenvalue weighted by Crippen LogP contribution is -2.45. The van der Waals surface area contributed by atoms with Gasteiger partial charge in [-0.15, -0.1) is 0 Å². The van der Waals surface area contributed by atoms with E-state index in [1.807, 2.05) is 6.08 Å². The van der Waals surface area contributed by atoms with Crippen molar-refractivity contribution in [2.24, 2.45) is 0 Å². The van der Waals surface area contributed by atoms with Crippen LogP contribution >= 0.6 is 0 Å². The van der Waals surface area contributed by atoms with Gasteiger partial charge in [0.1, 0.15) is 0 Å². The van der Waals surface area contributed by atoms with Gasteiger partial charge in [0.25, 0.3) is 0 Å². The molecule has 60 heavy (non-hydrogen) atoms. The first-order valence-electron chi connectivity index (χ1n) is 25.8. The normalized spacial score (nSPS) is 13.6. The van der Waals surface area contributed by atoms with Crippen LogP contribution in [0.5, 0.6) is 0 Å². The number of carbonyl (C=O) groups excluding carboxylic acids is 1. The summed E-state index contributed by atoms with van der Waals surface area (Å²) in [6.45, 7) is 4.18. The summed E-state index contributed by atoms with van der Waals surface area (Å²) in [6.07, 6.45) is 74.4. The first-order chi connectivity index (χ1) is 29.7. The molecule has 0 aliphatic carbocycles. The van der Waals surface area contributed by atoms with Crippen molar-refractivity contribution in [3.05, 3.63) is 85.1 Å². The first kappa shape index (κ1) is 57.6. The number of rotatable bonds is 46. The van der Waals surface area contributed by atoms with Gasteiger partial charge in [-0.05, 0) is 83.5 Å². The van der Waals surface area contributed by atoms with E-state index >= 15 is 0 Å². The molecule has 0 rings (SSSR count). The van der Waals surface area contributed by atoms with E-state index in [2.05, 4.69) is 92.1 Å². The van der Waals surface area contributed by atoms with E-state index in [-0.39, 0.29) is 12.5 Å². The van der Waals surface area contributed by atoms with Crippen LogP contribution in [0.25, 0.3) is 0 Å². The third kappa shape index (κ3) is 46.6. The van der Waals surface area contributed by atoms with E-state index < -0.39 is 12.1 Å². The molecule has 0 spiro atoms. The number of carbonyl (C=O) groups is 1. The van der Waals surface area contributed by atoms with E-state index in [1.54, 1.807) is 6.08 Å². The molecule has 3 N–H and O–H groups in total. The van der Waals surface area contributed by atoms with Crippen LogP contribution in [-0.2, 0) is 4.79 Å². The quantitative estimate of drug-likeness (QED) is 0.0423. The Morgan fingerprint density at radius 2 is 0.750 bits per heavy atom. The molecule has 2 atom stereocenters. The molecule has 0 saturated carbocycles. The van der Waals surface area contributed by atoms with Gasteiger partial charge in [0.05, 0.1) is 18.8 Å². The SMILES string of the molecule is CC/C=C\C/C=C\C/C=C\C/C=C\CCCCCCCCCCCCCCCCCCC(=O)NC(CO)C(O)/C=C/CC/C=C/CC/C=C/CCCCCCCCCCC. The molecule has 0 aromatic carbocycles. The zero-order valence-electron chi connectivity index (χ0n) is 39.7. The standard InChI is InChI=1S/C56H99NO3/c1-3-5-7-9-11-13-15-17-19-21-23-24-25-26-27-28-29-30-31-32-34-36-38-40-42-44-46-48-50-52-56(60)57-54(53-58)55(59)51-49-47-45-43-41-39-37-35-33-22-20-18-16-14-12-10-8-6-4-2/h5,7,11,13,17,19,23-24,33,35,41,43,49,51,54-55,58-59H,3-4,6,8-10,12,14-16,18,20-22,25-32,34,36-40,42,44-48,50,52-53H2,1-2H3,(H,57,60)/b7-5-,13-11-,19-17-,24-23-,35-33+,43-41+,51-49+. The number of unbranched alkanes of at least 4 members (excludes halogenated alkanes) is 27. The van der Waals surface area contributed by atoms with Gasteiger partial charge in [0.15, 0.2) is 0 Å². The smallest absolute Gasteiger partial charge is 0.220 e. The summed E-state index contributed by atoms with van der Waals surface area (Å²) < 4.78 is 0. The second-order valence-electron chi connectivity index (χ2n) is 17.2. The Morgan fingerprint density at radius 3 is 1.17 bits per heavy atom. The minimum absolute atomic E-state index is 0.0793. The zero-order valence-corrected chi connectivity index (χ0v) is 39.7. The lowest BCUT2D eigenvalue weighted by Gasteiger charge is -2.19. The number of hydrogen-bond donors (Lipinski definition) is 3. The second-order valence-corrected chi connectivity index (χ2v) is 17.2. The van der Waals surface area contributed by atoms with E-state index in [9.17, 15) is 15.0 Å². The van der Waals surface area contributed by atoms with Crippen molar-refractivity contribution in [1.82, 2.24) is 5.32 Å². The largest absolute Gasteiger partial charge is 0.394 e. The molecule has 2 unspecified atom stereocenters. The molecule has 4 nitrogen and oxygen atoms in total. The molecule has 0 aliphatic rings. The Hall–Kier alpha value is -2.43. The van der Waals surface area contributed by atoms with E-state index in [0.717, 1.165) is 64.2 Å². The van der Waals surface area contributed by atoms with Crippen molar-refractivity contribution in [3.8, 4) is 0 Å². The van der Waals surface area contributed by atoms with Crippen LogP contribution in [0.2, 0.25) is 0 Å². The minimum Gasteiger partial charge on any atom is -0.394 e. The molecule has 0 bridgehead atoms. The van der Waals surface area contributed by atoms with Gasteiger partial charge >= 0.3 is 0 Å². The summed E-state index contributed by atoms with van der Waals surface area (Å²) in [5.41, 5.74) is 0. The highest BCUT2D eigenvalue weighted by molar-refractivity contribution is 5.76. The van der Waals surface area contributed by atoms with Crippen molar-refractivity contribution < 1.29 is 15.0 Å². The fraction of sp³-hybridized carbons (Fsp3) is 0.732. The van der Waals surface area contributed by atoms with Crippen molar-refractivity contribution in [2.75, 3.05) is 6.61 Å². The molecule has 4 heteroatoms.